The molecule has 1 unspecified atom stereocenters. The van der Waals surface area contributed by atoms with Crippen LogP contribution < -0.4 is 5.32 Å². The highest BCUT2D eigenvalue weighted by molar-refractivity contribution is 8.26. The molecular weight excluding hydrogens is 375 g/mol. The minimum Gasteiger partial charge on any atom is -0.487 e. The molecular formula is C19H24F3N3OS. The van der Waals surface area contributed by atoms with Gasteiger partial charge in [0.15, 0.2) is 0 Å². The molecule has 0 bridgehead atoms. The van der Waals surface area contributed by atoms with Crippen molar-refractivity contribution >= 4 is 16.6 Å². The lowest BCUT2D eigenvalue weighted by Crippen LogP contribution is -2.49. The van der Waals surface area contributed by atoms with E-state index in [4.69, 9.17) is 4.74 Å². The molecule has 0 spiro atoms. The summed E-state index contributed by atoms with van der Waals surface area (Å²) < 4.78 is 43.7. The van der Waals surface area contributed by atoms with Crippen LogP contribution in [-0.2, 0) is 4.74 Å². The number of hydrogen-bond acceptors (Lipinski definition) is 4. The molecule has 0 saturated carbocycles. The van der Waals surface area contributed by atoms with Crippen LogP contribution in [0.15, 0.2) is 64.8 Å². The second kappa shape index (κ2) is 9.72. The summed E-state index contributed by atoms with van der Waals surface area (Å²) in [6, 6.07) is 0. The van der Waals surface area contributed by atoms with Gasteiger partial charge >= 0.3 is 6.18 Å². The normalized spacial score (nSPS) is 19.1. The number of thiol groups is 1. The molecule has 0 aromatic heterocycles. The van der Waals surface area contributed by atoms with Crippen LogP contribution in [-0.4, -0.2) is 54.2 Å². The lowest BCUT2D eigenvalue weighted by molar-refractivity contribution is -0.127. The number of nitrogens with one attached hydrogen (secondary N) is 1. The smallest absolute Gasteiger partial charge is 0.401 e. The van der Waals surface area contributed by atoms with Crippen molar-refractivity contribution in [1.82, 2.24) is 10.2 Å². The Bertz CT molecular complexity index is 725. The first-order valence-electron chi connectivity index (χ1n) is 8.46. The quantitative estimate of drug-likeness (QED) is 0.204. The van der Waals surface area contributed by atoms with Crippen molar-refractivity contribution in [1.29, 1.82) is 0 Å². The molecule has 0 aromatic carbocycles. The molecule has 1 atom stereocenters. The van der Waals surface area contributed by atoms with E-state index >= 15 is 0 Å². The Kier molecular flexibility index (Phi) is 7.63. The van der Waals surface area contributed by atoms with Gasteiger partial charge in [-0.05, 0) is 24.0 Å². The van der Waals surface area contributed by atoms with Crippen LogP contribution in [0.3, 0.4) is 0 Å². The third-order valence-electron chi connectivity index (χ3n) is 3.87. The number of aliphatic imine (C=N–C) groups is 1. The minimum atomic E-state index is -4.33. The van der Waals surface area contributed by atoms with Gasteiger partial charge in [-0.25, -0.2) is 15.9 Å². The first-order chi connectivity index (χ1) is 12.9. The number of allylic oxidation sites excluding steroid dienone is 1. The lowest BCUT2D eigenvalue weighted by Gasteiger charge is -2.32. The molecule has 1 fully saturated rings. The van der Waals surface area contributed by atoms with Crippen molar-refractivity contribution in [3.63, 3.8) is 0 Å². The Labute approximate surface area is 160 Å². The van der Waals surface area contributed by atoms with Crippen LogP contribution in [0.25, 0.3) is 0 Å². The maximum absolute atomic E-state index is 12.8. The zero-order valence-electron chi connectivity index (χ0n) is 15.2. The maximum atomic E-state index is 12.8. The van der Waals surface area contributed by atoms with Gasteiger partial charge in [0.2, 0.25) is 0 Å². The molecule has 148 valence electrons. The summed E-state index contributed by atoms with van der Waals surface area (Å²) in [7, 11) is -0.243. The Morgan fingerprint density at radius 3 is 2.85 bits per heavy atom. The van der Waals surface area contributed by atoms with E-state index in [1.165, 1.54) is 18.5 Å². The van der Waals surface area contributed by atoms with Crippen molar-refractivity contribution in [2.75, 3.05) is 31.2 Å². The molecule has 8 heteroatoms. The highest BCUT2D eigenvalue weighted by Gasteiger charge is 2.30. The van der Waals surface area contributed by atoms with Crippen molar-refractivity contribution in [2.24, 2.45) is 4.99 Å². The van der Waals surface area contributed by atoms with Crippen molar-refractivity contribution in [3.05, 3.63) is 59.8 Å². The van der Waals surface area contributed by atoms with E-state index in [-0.39, 0.29) is 24.0 Å². The molecule has 1 saturated heterocycles. The molecule has 2 heterocycles. The largest absolute Gasteiger partial charge is 0.487 e. The van der Waals surface area contributed by atoms with Crippen LogP contribution in [0.1, 0.15) is 6.92 Å². The Morgan fingerprint density at radius 2 is 2.30 bits per heavy atom. The van der Waals surface area contributed by atoms with Gasteiger partial charge in [0.05, 0.1) is 18.8 Å². The summed E-state index contributed by atoms with van der Waals surface area (Å²) in [5, 5.41) is 3.44. The Hall–Kier alpha value is -2.11. The van der Waals surface area contributed by atoms with E-state index in [0.29, 0.717) is 11.3 Å². The Balaban J connectivity index is 2.25. The van der Waals surface area contributed by atoms with Crippen molar-refractivity contribution in [2.45, 2.75) is 19.3 Å². The Morgan fingerprint density at radius 1 is 1.56 bits per heavy atom. The summed E-state index contributed by atoms with van der Waals surface area (Å²) in [6.07, 6.45) is 1.20. The van der Waals surface area contributed by atoms with Crippen LogP contribution in [0.4, 0.5) is 13.2 Å². The number of hydrogen-bond donors (Lipinski definition) is 2. The fraction of sp³-hybridized carbons (Fsp3) is 0.421. The highest BCUT2D eigenvalue weighted by Crippen LogP contribution is 2.48. The summed E-state index contributed by atoms with van der Waals surface area (Å²) >= 11 is 0. The van der Waals surface area contributed by atoms with Crippen molar-refractivity contribution < 1.29 is 17.9 Å². The molecule has 0 amide bonds. The zero-order chi connectivity index (χ0) is 19.9. The summed E-state index contributed by atoms with van der Waals surface area (Å²) in [5.74, 6) is 2.26. The topological polar surface area (TPSA) is 36.9 Å². The lowest BCUT2D eigenvalue weighted by atomic mass is 10.1. The number of ether oxygens (including phenoxy) is 1. The fourth-order valence-corrected chi connectivity index (χ4v) is 3.86. The van der Waals surface area contributed by atoms with E-state index in [0.717, 1.165) is 16.5 Å². The van der Waals surface area contributed by atoms with Crippen LogP contribution in [0.2, 0.25) is 0 Å². The molecule has 2 aliphatic heterocycles. The third-order valence-corrected chi connectivity index (χ3v) is 5.59. The molecule has 27 heavy (non-hydrogen) atoms. The molecule has 2 rings (SSSR count). The molecule has 4 nitrogen and oxygen atoms in total. The van der Waals surface area contributed by atoms with Crippen molar-refractivity contribution in [3.8, 4) is 0 Å². The van der Waals surface area contributed by atoms with E-state index in [2.05, 4.69) is 34.9 Å². The molecule has 0 radical (unpaired) electrons. The molecule has 0 aromatic rings. The van der Waals surface area contributed by atoms with Gasteiger partial charge in [-0.1, -0.05) is 31.0 Å². The van der Waals surface area contributed by atoms with Crippen LogP contribution >= 0.6 is 10.9 Å². The first-order valence-corrected chi connectivity index (χ1v) is 10.2. The first kappa shape index (κ1) is 21.2. The van der Waals surface area contributed by atoms with Gasteiger partial charge in [0.1, 0.15) is 24.1 Å². The molecule has 2 aliphatic rings. The number of halogens is 3. The third kappa shape index (κ3) is 6.85. The van der Waals surface area contributed by atoms with Gasteiger partial charge < -0.3 is 9.64 Å². The van der Waals surface area contributed by atoms with Crippen LogP contribution in [0, 0.1) is 0 Å². The second-order valence-electron chi connectivity index (χ2n) is 5.96. The van der Waals surface area contributed by atoms with E-state index in [9.17, 15) is 13.2 Å². The van der Waals surface area contributed by atoms with Gasteiger partial charge in [0, 0.05) is 6.20 Å². The molecule has 0 aliphatic carbocycles. The summed E-state index contributed by atoms with van der Waals surface area (Å²) in [4.78, 5) is 6.32. The second-order valence-corrected chi connectivity index (χ2v) is 8.36. The predicted octanol–water partition coefficient (Wildman–Crippen LogP) is 3.64. The van der Waals surface area contributed by atoms with Crippen LogP contribution in [0.5, 0.6) is 0 Å². The van der Waals surface area contributed by atoms with E-state index in [1.807, 2.05) is 0 Å². The maximum Gasteiger partial charge on any atom is 0.401 e. The minimum absolute atomic E-state index is 0.243. The van der Waals surface area contributed by atoms with E-state index < -0.39 is 18.9 Å². The number of rotatable bonds is 9. The van der Waals surface area contributed by atoms with Gasteiger partial charge in [0.25, 0.3) is 0 Å². The van der Waals surface area contributed by atoms with Gasteiger partial charge in [-0.15, -0.1) is 5.73 Å². The molecule has 1 N–H and O–H groups in total. The standard InChI is InChI=1S/C19H24F3N3OS/c1-4-8-25(18(15(5-2)6-3)23-14-19(20,21)22)12-16-13-26-9-7-17(24-16)27-10-11-27/h5-6,8-9,18,23,27H,1-2,10-14H2,3H3/b15-6+. The fourth-order valence-electron chi connectivity index (χ4n) is 2.52. The summed E-state index contributed by atoms with van der Waals surface area (Å²) in [6.45, 7) is 8.41. The average Bonchev–Trinajstić information content (AvgIpc) is 3.44. The number of nitrogens with zero attached hydrogens (tertiary/aromatic N) is 2. The SMILES string of the molecule is C=C=CN(CC1=NC([SH]2CC2)=C=COC1)C(NCC(F)(F)F)/C(C=C)=C/C. The number of alkyl halides is 3. The van der Waals surface area contributed by atoms with Gasteiger partial charge in [-0.2, -0.15) is 13.2 Å². The van der Waals surface area contributed by atoms with E-state index in [1.54, 1.807) is 17.9 Å². The zero-order valence-corrected chi connectivity index (χ0v) is 16.1. The average molecular weight is 399 g/mol. The monoisotopic (exact) mass is 399 g/mol. The summed E-state index contributed by atoms with van der Waals surface area (Å²) in [5.41, 5.74) is 7.03. The predicted molar refractivity (Wildman–Crippen MR) is 106 cm³/mol. The van der Waals surface area contributed by atoms with Gasteiger partial charge in [-0.3, -0.25) is 5.32 Å². The highest BCUT2D eigenvalue weighted by atomic mass is 32.2.